The summed E-state index contributed by atoms with van der Waals surface area (Å²) in [7, 11) is 0. The Balaban J connectivity index is 1.37. The molecule has 3 aromatic rings. The number of carbonyl (C=O) groups excluding carboxylic acids is 1. The van der Waals surface area contributed by atoms with E-state index in [0.29, 0.717) is 48.3 Å². The zero-order chi connectivity index (χ0) is 21.8. The molecule has 1 saturated heterocycles. The van der Waals surface area contributed by atoms with Crippen molar-refractivity contribution < 1.29 is 9.53 Å². The van der Waals surface area contributed by atoms with Crippen LogP contribution in [0, 0.1) is 0 Å². The summed E-state index contributed by atoms with van der Waals surface area (Å²) >= 11 is 12.2. The summed E-state index contributed by atoms with van der Waals surface area (Å²) < 4.78 is 6.82. The van der Waals surface area contributed by atoms with Crippen LogP contribution >= 0.6 is 23.2 Å². The minimum absolute atomic E-state index is 0.0446. The van der Waals surface area contributed by atoms with Crippen molar-refractivity contribution in [1.29, 1.82) is 0 Å². The Morgan fingerprint density at radius 2 is 1.65 bits per heavy atom. The van der Waals surface area contributed by atoms with E-state index < -0.39 is 0 Å². The van der Waals surface area contributed by atoms with Crippen molar-refractivity contribution in [3.8, 4) is 11.4 Å². The summed E-state index contributed by atoms with van der Waals surface area (Å²) in [5, 5.41) is 5.00. The number of carbonyl (C=O) groups is 1. The average molecular weight is 459 g/mol. The highest BCUT2D eigenvalue weighted by atomic mass is 35.5. The molecule has 31 heavy (non-hydrogen) atoms. The van der Waals surface area contributed by atoms with Gasteiger partial charge in [-0.25, -0.2) is 0 Å². The van der Waals surface area contributed by atoms with Gasteiger partial charge in [0.05, 0.1) is 17.6 Å². The van der Waals surface area contributed by atoms with Gasteiger partial charge in [-0.3, -0.25) is 9.59 Å². The third-order valence-electron chi connectivity index (χ3n) is 5.05. The molecule has 0 aliphatic carbocycles. The Morgan fingerprint density at radius 1 is 0.968 bits per heavy atom. The monoisotopic (exact) mass is 458 g/mol. The van der Waals surface area contributed by atoms with Gasteiger partial charge in [0, 0.05) is 31.2 Å². The van der Waals surface area contributed by atoms with E-state index in [4.69, 9.17) is 27.9 Å². The van der Waals surface area contributed by atoms with Gasteiger partial charge in [0.15, 0.2) is 6.61 Å². The third-order valence-corrected chi connectivity index (χ3v) is 5.66. The van der Waals surface area contributed by atoms with Gasteiger partial charge in [-0.2, -0.15) is 9.78 Å². The quantitative estimate of drug-likeness (QED) is 0.586. The highest BCUT2D eigenvalue weighted by molar-refractivity contribution is 6.33. The second-order valence-corrected chi connectivity index (χ2v) is 7.82. The number of ether oxygens (including phenoxy) is 1. The van der Waals surface area contributed by atoms with Crippen molar-refractivity contribution >= 4 is 34.8 Å². The van der Waals surface area contributed by atoms with E-state index in [1.807, 2.05) is 23.1 Å². The van der Waals surface area contributed by atoms with Crippen LogP contribution in [0.15, 0.2) is 65.6 Å². The minimum Gasteiger partial charge on any atom is -0.484 e. The first-order chi connectivity index (χ1) is 15.0. The number of hydrogen-bond acceptors (Lipinski definition) is 5. The molecule has 0 bridgehead atoms. The van der Waals surface area contributed by atoms with Crippen LogP contribution in [-0.4, -0.2) is 53.4 Å². The lowest BCUT2D eigenvalue weighted by Crippen LogP contribution is -2.50. The third kappa shape index (κ3) is 4.84. The van der Waals surface area contributed by atoms with E-state index in [9.17, 15) is 9.59 Å². The zero-order valence-corrected chi connectivity index (χ0v) is 18.1. The molecule has 4 rings (SSSR count). The van der Waals surface area contributed by atoms with Gasteiger partial charge >= 0.3 is 0 Å². The zero-order valence-electron chi connectivity index (χ0n) is 16.6. The molecule has 0 saturated carbocycles. The van der Waals surface area contributed by atoms with Gasteiger partial charge in [-0.05, 0) is 36.4 Å². The van der Waals surface area contributed by atoms with Gasteiger partial charge in [0.2, 0.25) is 0 Å². The molecule has 9 heteroatoms. The molecule has 2 heterocycles. The predicted molar refractivity (Wildman–Crippen MR) is 121 cm³/mol. The molecule has 0 atom stereocenters. The van der Waals surface area contributed by atoms with Crippen LogP contribution in [0.25, 0.3) is 5.69 Å². The lowest BCUT2D eigenvalue weighted by molar-refractivity contribution is -0.133. The molecule has 0 unspecified atom stereocenters. The SMILES string of the molecule is O=C(COc1ccc(Cl)cc1)N1CCN(c2cnn(-c3ccccc3)c(=O)c2Cl)CC1. The fourth-order valence-electron chi connectivity index (χ4n) is 3.36. The molecule has 1 aliphatic rings. The van der Waals surface area contributed by atoms with E-state index in [0.717, 1.165) is 0 Å². The summed E-state index contributed by atoms with van der Waals surface area (Å²) in [4.78, 5) is 28.9. The Bertz CT molecular complexity index is 1110. The summed E-state index contributed by atoms with van der Waals surface area (Å²) in [6, 6.07) is 16.0. The molecule has 1 amide bonds. The summed E-state index contributed by atoms with van der Waals surface area (Å²) in [5.41, 5.74) is 0.848. The van der Waals surface area contributed by atoms with E-state index >= 15 is 0 Å². The van der Waals surface area contributed by atoms with Crippen molar-refractivity contribution in [2.24, 2.45) is 0 Å². The highest BCUT2D eigenvalue weighted by Gasteiger charge is 2.24. The number of hydrogen-bond donors (Lipinski definition) is 0. The van der Waals surface area contributed by atoms with Crippen LogP contribution in [0.3, 0.4) is 0 Å². The first kappa shape index (κ1) is 21.2. The first-order valence-corrected chi connectivity index (χ1v) is 10.5. The Kier molecular flexibility index (Phi) is 6.44. The molecule has 1 aliphatic heterocycles. The van der Waals surface area contributed by atoms with Crippen molar-refractivity contribution in [3.63, 3.8) is 0 Å². The number of para-hydroxylation sites is 1. The van der Waals surface area contributed by atoms with Crippen LogP contribution < -0.4 is 15.2 Å². The van der Waals surface area contributed by atoms with Crippen molar-refractivity contribution in [2.75, 3.05) is 37.7 Å². The maximum Gasteiger partial charge on any atom is 0.292 e. The van der Waals surface area contributed by atoms with Gasteiger partial charge in [0.1, 0.15) is 10.8 Å². The molecule has 1 aromatic heterocycles. The van der Waals surface area contributed by atoms with E-state index in [2.05, 4.69) is 5.10 Å². The van der Waals surface area contributed by atoms with Gasteiger partial charge in [-0.15, -0.1) is 0 Å². The maximum atomic E-state index is 12.7. The number of benzene rings is 2. The number of amides is 1. The Labute approximate surface area is 189 Å². The number of aromatic nitrogens is 2. The van der Waals surface area contributed by atoms with Crippen LogP contribution in [0.5, 0.6) is 5.75 Å². The largest absolute Gasteiger partial charge is 0.484 e. The first-order valence-electron chi connectivity index (χ1n) is 9.77. The molecule has 0 radical (unpaired) electrons. The summed E-state index contributed by atoms with van der Waals surface area (Å²) in [6.45, 7) is 2.05. The number of piperazine rings is 1. The summed E-state index contributed by atoms with van der Waals surface area (Å²) in [5.74, 6) is 0.492. The lowest BCUT2D eigenvalue weighted by atomic mass is 10.2. The molecular weight excluding hydrogens is 439 g/mol. The van der Waals surface area contributed by atoms with E-state index in [1.165, 1.54) is 4.68 Å². The normalized spacial score (nSPS) is 13.9. The van der Waals surface area contributed by atoms with Crippen LogP contribution in [0.2, 0.25) is 10.0 Å². The van der Waals surface area contributed by atoms with Gasteiger partial charge in [0.25, 0.3) is 11.5 Å². The standard InChI is InChI=1S/C22H20Cl2N4O3/c23-16-6-8-18(9-7-16)31-15-20(29)27-12-10-26(11-13-27)19-14-25-28(22(30)21(19)24)17-4-2-1-3-5-17/h1-9,14H,10-13,15H2. The Hall–Kier alpha value is -3.03. The topological polar surface area (TPSA) is 67.7 Å². The smallest absolute Gasteiger partial charge is 0.292 e. The highest BCUT2D eigenvalue weighted by Crippen LogP contribution is 2.23. The van der Waals surface area contributed by atoms with Crippen molar-refractivity contribution in [3.05, 3.63) is 81.2 Å². The molecule has 1 fully saturated rings. The van der Waals surface area contributed by atoms with Crippen molar-refractivity contribution in [2.45, 2.75) is 0 Å². The molecule has 0 spiro atoms. The second-order valence-electron chi connectivity index (χ2n) is 7.01. The van der Waals surface area contributed by atoms with Gasteiger partial charge < -0.3 is 14.5 Å². The summed E-state index contributed by atoms with van der Waals surface area (Å²) in [6.07, 6.45) is 1.60. The minimum atomic E-state index is -0.375. The number of nitrogens with zero attached hydrogens (tertiary/aromatic N) is 4. The molecule has 160 valence electrons. The van der Waals surface area contributed by atoms with Crippen LogP contribution in [-0.2, 0) is 4.79 Å². The van der Waals surface area contributed by atoms with E-state index in [-0.39, 0.29) is 23.1 Å². The van der Waals surface area contributed by atoms with Gasteiger partial charge in [-0.1, -0.05) is 41.4 Å². The molecule has 7 nitrogen and oxygen atoms in total. The second kappa shape index (κ2) is 9.41. The maximum absolute atomic E-state index is 12.7. The van der Waals surface area contributed by atoms with Crippen LogP contribution in [0.1, 0.15) is 0 Å². The Morgan fingerprint density at radius 3 is 2.32 bits per heavy atom. The fraction of sp³-hybridized carbons (Fsp3) is 0.227. The number of rotatable bonds is 5. The number of halogens is 2. The van der Waals surface area contributed by atoms with Crippen molar-refractivity contribution in [1.82, 2.24) is 14.7 Å². The predicted octanol–water partition coefficient (Wildman–Crippen LogP) is 3.27. The van der Waals surface area contributed by atoms with Crippen LogP contribution in [0.4, 0.5) is 5.69 Å². The average Bonchev–Trinajstić information content (AvgIpc) is 2.81. The fourth-order valence-corrected chi connectivity index (χ4v) is 3.74. The van der Waals surface area contributed by atoms with E-state index in [1.54, 1.807) is 47.5 Å². The molecule has 2 aromatic carbocycles. The lowest BCUT2D eigenvalue weighted by Gasteiger charge is -2.36. The molecule has 0 N–H and O–H groups in total. The number of anilines is 1. The molecular formula is C22H20Cl2N4O3.